The Bertz CT molecular complexity index is 585. The minimum Gasteiger partial charge on any atom is -0.398 e. The molecule has 1 aliphatic carbocycles. The van der Waals surface area contributed by atoms with Crippen molar-refractivity contribution in [3.63, 3.8) is 0 Å². The zero-order valence-corrected chi connectivity index (χ0v) is 13.3. The molecule has 1 atom stereocenters. The molecule has 0 unspecified atom stereocenters. The van der Waals surface area contributed by atoms with Crippen LogP contribution in [0.25, 0.3) is 0 Å². The number of likely N-dealkylation sites (N-methyl/N-ethyl adjacent to an activating group) is 1. The van der Waals surface area contributed by atoms with E-state index in [4.69, 9.17) is 5.73 Å². The standard InChI is InChI=1S/C16H21F4N3/c1-10-3-4-12(14(7-10)22-9-16(18,19)20)15(21)11-5-6-23(2)8-13(11)17/h5,8,10H,3-4,6-7,9,21H2,1-2H3/b15-12-,22-14?/t10-/m1/s1. The van der Waals surface area contributed by atoms with Crippen molar-refractivity contribution in [3.05, 3.63) is 34.9 Å². The molecule has 0 aromatic rings. The maximum absolute atomic E-state index is 14.1. The van der Waals surface area contributed by atoms with Crippen molar-refractivity contribution in [2.24, 2.45) is 16.6 Å². The van der Waals surface area contributed by atoms with Gasteiger partial charge >= 0.3 is 6.18 Å². The Morgan fingerprint density at radius 2 is 2.13 bits per heavy atom. The average molecular weight is 331 g/mol. The number of allylic oxidation sites excluding steroid dienone is 2. The fraction of sp³-hybridized carbons (Fsp3) is 0.562. The summed E-state index contributed by atoms with van der Waals surface area (Å²) in [5, 5.41) is 0. The molecule has 2 N–H and O–H groups in total. The summed E-state index contributed by atoms with van der Waals surface area (Å²) in [6.07, 6.45) is 0.387. The Balaban J connectivity index is 2.35. The summed E-state index contributed by atoms with van der Waals surface area (Å²) in [7, 11) is 1.73. The number of alkyl halides is 3. The van der Waals surface area contributed by atoms with E-state index in [0.717, 1.165) is 6.42 Å². The predicted molar refractivity (Wildman–Crippen MR) is 82.5 cm³/mol. The zero-order chi connectivity index (χ0) is 17.2. The Kier molecular flexibility index (Phi) is 5.16. The van der Waals surface area contributed by atoms with E-state index in [1.807, 2.05) is 6.92 Å². The molecule has 1 saturated carbocycles. The largest absolute Gasteiger partial charge is 0.407 e. The van der Waals surface area contributed by atoms with E-state index in [-0.39, 0.29) is 17.2 Å². The van der Waals surface area contributed by atoms with E-state index in [2.05, 4.69) is 4.99 Å². The SMILES string of the molecule is C[C@@H]1CC/C(=C(/N)C2=CCN(C)C=C2F)C(=NCC(F)(F)F)C1. The van der Waals surface area contributed by atoms with Crippen molar-refractivity contribution in [1.29, 1.82) is 0 Å². The molecule has 0 saturated heterocycles. The highest BCUT2D eigenvalue weighted by molar-refractivity contribution is 6.02. The second-order valence-electron chi connectivity index (χ2n) is 6.15. The van der Waals surface area contributed by atoms with Gasteiger partial charge in [-0.1, -0.05) is 13.0 Å². The van der Waals surface area contributed by atoms with Gasteiger partial charge in [0, 0.05) is 36.8 Å². The number of hydrogen-bond donors (Lipinski definition) is 1. The first kappa shape index (κ1) is 17.6. The third-order valence-corrected chi connectivity index (χ3v) is 4.02. The Morgan fingerprint density at radius 1 is 1.43 bits per heavy atom. The third-order valence-electron chi connectivity index (χ3n) is 4.02. The highest BCUT2D eigenvalue weighted by atomic mass is 19.4. The van der Waals surface area contributed by atoms with Crippen LogP contribution in [0.15, 0.2) is 39.9 Å². The van der Waals surface area contributed by atoms with Crippen molar-refractivity contribution in [2.45, 2.75) is 32.4 Å². The van der Waals surface area contributed by atoms with Crippen LogP contribution in [-0.4, -0.2) is 36.9 Å². The first-order chi connectivity index (χ1) is 10.7. The lowest BCUT2D eigenvalue weighted by Gasteiger charge is -2.26. The van der Waals surface area contributed by atoms with Crippen LogP contribution in [0.2, 0.25) is 0 Å². The lowest BCUT2D eigenvalue weighted by atomic mass is 9.83. The van der Waals surface area contributed by atoms with Crippen LogP contribution in [0.3, 0.4) is 0 Å². The summed E-state index contributed by atoms with van der Waals surface area (Å²) >= 11 is 0. The van der Waals surface area contributed by atoms with E-state index < -0.39 is 18.5 Å². The summed E-state index contributed by atoms with van der Waals surface area (Å²) in [5.41, 5.74) is 7.45. The predicted octanol–water partition coefficient (Wildman–Crippen LogP) is 3.71. The first-order valence-corrected chi connectivity index (χ1v) is 7.55. The molecule has 2 aliphatic rings. The summed E-state index contributed by atoms with van der Waals surface area (Å²) in [5.74, 6) is -0.233. The van der Waals surface area contributed by atoms with Gasteiger partial charge in [0.1, 0.15) is 12.4 Å². The number of nitrogens with zero attached hydrogens (tertiary/aromatic N) is 2. The van der Waals surface area contributed by atoms with Gasteiger partial charge in [-0.25, -0.2) is 4.39 Å². The quantitative estimate of drug-likeness (QED) is 0.784. The van der Waals surface area contributed by atoms with Crippen LogP contribution in [0.5, 0.6) is 0 Å². The number of aliphatic imine (C=N–C) groups is 1. The van der Waals surface area contributed by atoms with Gasteiger partial charge in [0.05, 0.1) is 0 Å². The van der Waals surface area contributed by atoms with Crippen LogP contribution in [0.1, 0.15) is 26.2 Å². The monoisotopic (exact) mass is 331 g/mol. The van der Waals surface area contributed by atoms with Crippen molar-refractivity contribution in [2.75, 3.05) is 20.1 Å². The second kappa shape index (κ2) is 6.76. The van der Waals surface area contributed by atoms with Gasteiger partial charge in [-0.2, -0.15) is 13.2 Å². The van der Waals surface area contributed by atoms with E-state index in [1.54, 1.807) is 18.0 Å². The molecular formula is C16H21F4N3. The summed E-state index contributed by atoms with van der Waals surface area (Å²) < 4.78 is 51.5. The summed E-state index contributed by atoms with van der Waals surface area (Å²) in [6, 6.07) is 0. The van der Waals surface area contributed by atoms with Gasteiger partial charge in [-0.3, -0.25) is 4.99 Å². The summed E-state index contributed by atoms with van der Waals surface area (Å²) in [4.78, 5) is 5.38. The smallest absolute Gasteiger partial charge is 0.398 e. The third kappa shape index (κ3) is 4.59. The molecule has 128 valence electrons. The van der Waals surface area contributed by atoms with Gasteiger partial charge in [0.15, 0.2) is 0 Å². The maximum Gasteiger partial charge on any atom is 0.407 e. The molecular weight excluding hydrogens is 310 g/mol. The Morgan fingerprint density at radius 3 is 2.74 bits per heavy atom. The Labute approximate surface area is 133 Å². The molecule has 7 heteroatoms. The fourth-order valence-corrected chi connectivity index (χ4v) is 2.78. The van der Waals surface area contributed by atoms with E-state index in [1.165, 1.54) is 6.20 Å². The lowest BCUT2D eigenvalue weighted by molar-refractivity contribution is -0.118. The van der Waals surface area contributed by atoms with E-state index in [9.17, 15) is 17.6 Å². The van der Waals surface area contributed by atoms with Gasteiger partial charge < -0.3 is 10.6 Å². The zero-order valence-electron chi connectivity index (χ0n) is 13.3. The van der Waals surface area contributed by atoms with E-state index in [0.29, 0.717) is 30.7 Å². The van der Waals surface area contributed by atoms with Crippen LogP contribution in [0.4, 0.5) is 17.6 Å². The normalized spacial score (nSPS) is 27.0. The van der Waals surface area contributed by atoms with Crippen molar-refractivity contribution < 1.29 is 17.6 Å². The second-order valence-corrected chi connectivity index (χ2v) is 6.15. The van der Waals surface area contributed by atoms with Crippen LogP contribution in [0, 0.1) is 5.92 Å². The molecule has 3 nitrogen and oxygen atoms in total. The van der Waals surface area contributed by atoms with Gasteiger partial charge in [-0.15, -0.1) is 0 Å². The summed E-state index contributed by atoms with van der Waals surface area (Å²) in [6.45, 7) is 1.24. The topological polar surface area (TPSA) is 41.6 Å². The Hall–Kier alpha value is -1.79. The molecule has 0 radical (unpaired) electrons. The molecule has 0 aromatic carbocycles. The fourth-order valence-electron chi connectivity index (χ4n) is 2.78. The minimum atomic E-state index is -4.36. The highest BCUT2D eigenvalue weighted by Gasteiger charge is 2.29. The van der Waals surface area contributed by atoms with Gasteiger partial charge in [-0.05, 0) is 30.8 Å². The average Bonchev–Trinajstić information content (AvgIpc) is 2.44. The molecule has 2 rings (SSSR count). The van der Waals surface area contributed by atoms with Crippen molar-refractivity contribution >= 4 is 5.71 Å². The maximum atomic E-state index is 14.1. The van der Waals surface area contributed by atoms with Crippen LogP contribution < -0.4 is 5.73 Å². The van der Waals surface area contributed by atoms with Crippen molar-refractivity contribution in [3.8, 4) is 0 Å². The minimum absolute atomic E-state index is 0.208. The molecule has 1 fully saturated rings. The molecule has 0 bridgehead atoms. The van der Waals surface area contributed by atoms with Gasteiger partial charge in [0.2, 0.25) is 0 Å². The molecule has 0 amide bonds. The molecule has 1 aliphatic heterocycles. The lowest BCUT2D eigenvalue weighted by Crippen LogP contribution is -2.24. The number of nitrogens with two attached hydrogens (primary N) is 1. The molecule has 23 heavy (non-hydrogen) atoms. The van der Waals surface area contributed by atoms with Crippen molar-refractivity contribution in [1.82, 2.24) is 4.90 Å². The highest BCUT2D eigenvalue weighted by Crippen LogP contribution is 2.32. The first-order valence-electron chi connectivity index (χ1n) is 7.55. The number of hydrogen-bond acceptors (Lipinski definition) is 3. The molecule has 1 heterocycles. The number of rotatable bonds is 2. The van der Waals surface area contributed by atoms with Gasteiger partial charge in [0.25, 0.3) is 0 Å². The number of halogens is 4. The van der Waals surface area contributed by atoms with Crippen LogP contribution in [-0.2, 0) is 0 Å². The van der Waals surface area contributed by atoms with Crippen LogP contribution >= 0.6 is 0 Å². The molecule has 0 aromatic heterocycles. The molecule has 0 spiro atoms. The van der Waals surface area contributed by atoms with E-state index >= 15 is 0 Å².